The quantitative estimate of drug-likeness (QED) is 0.651. The number of halogens is 1. The first kappa shape index (κ1) is 17.1. The Bertz CT molecular complexity index is 852. The number of furan rings is 1. The summed E-state index contributed by atoms with van der Waals surface area (Å²) in [6, 6.07) is 10.7. The van der Waals surface area contributed by atoms with E-state index in [0.29, 0.717) is 16.5 Å². The highest BCUT2D eigenvalue weighted by atomic mass is 35.5. The topological polar surface area (TPSA) is 95.4 Å². The molecule has 2 aliphatic heterocycles. The number of piperidine rings is 1. The van der Waals surface area contributed by atoms with Gasteiger partial charge in [0.2, 0.25) is 11.8 Å². The first-order valence-electron chi connectivity index (χ1n) is 8.44. The zero-order valence-electron chi connectivity index (χ0n) is 14.1. The molecule has 4 rings (SSSR count). The highest BCUT2D eigenvalue weighted by Gasteiger charge is 2.49. The molecule has 2 aliphatic rings. The monoisotopic (exact) mass is 374 g/mol. The van der Waals surface area contributed by atoms with E-state index < -0.39 is 6.04 Å². The van der Waals surface area contributed by atoms with Crippen LogP contribution < -0.4 is 21.5 Å². The van der Waals surface area contributed by atoms with Gasteiger partial charge in [-0.05, 0) is 24.3 Å². The van der Waals surface area contributed by atoms with Crippen LogP contribution in [0.5, 0.6) is 0 Å². The number of benzene rings is 1. The molecule has 8 heteroatoms. The van der Waals surface area contributed by atoms with E-state index in [4.69, 9.17) is 16.0 Å². The molecule has 0 aliphatic carbocycles. The molecule has 2 fully saturated rings. The lowest BCUT2D eigenvalue weighted by atomic mass is 9.78. The summed E-state index contributed by atoms with van der Waals surface area (Å²) < 4.78 is 6.06. The molecule has 0 saturated carbocycles. The Morgan fingerprint density at radius 1 is 1.27 bits per heavy atom. The Kier molecular flexibility index (Phi) is 4.44. The minimum Gasteiger partial charge on any atom is -0.461 e. The summed E-state index contributed by atoms with van der Waals surface area (Å²) >= 11 is 6.06. The van der Waals surface area contributed by atoms with Crippen LogP contribution in [0.25, 0.3) is 11.3 Å². The highest BCUT2D eigenvalue weighted by Crippen LogP contribution is 2.39. The molecule has 2 aromatic rings. The average Bonchev–Trinajstić information content (AvgIpc) is 3.27. The first-order chi connectivity index (χ1) is 12.6. The number of hydrogen-bond donors (Lipinski definition) is 4. The SMILES string of the molecule is CNC(=O)C1NNC2NC(=O)CC(c3ccc(-c4cccc(Cl)c4)o3)C21. The zero-order chi connectivity index (χ0) is 18.3. The molecular weight excluding hydrogens is 356 g/mol. The summed E-state index contributed by atoms with van der Waals surface area (Å²) in [7, 11) is 1.60. The maximum absolute atomic E-state index is 12.2. The van der Waals surface area contributed by atoms with Crippen molar-refractivity contribution in [3.05, 3.63) is 47.2 Å². The van der Waals surface area contributed by atoms with Crippen molar-refractivity contribution in [1.29, 1.82) is 0 Å². The molecule has 1 aromatic heterocycles. The van der Waals surface area contributed by atoms with E-state index >= 15 is 0 Å². The minimum atomic E-state index is -0.463. The second-order valence-electron chi connectivity index (χ2n) is 6.53. The second-order valence-corrected chi connectivity index (χ2v) is 6.96. The van der Waals surface area contributed by atoms with Gasteiger partial charge in [-0.15, -0.1) is 0 Å². The predicted octanol–water partition coefficient (Wildman–Crippen LogP) is 1.37. The van der Waals surface area contributed by atoms with Crippen LogP contribution in [0.15, 0.2) is 40.8 Å². The molecule has 0 radical (unpaired) electrons. The van der Waals surface area contributed by atoms with Crippen molar-refractivity contribution in [3.8, 4) is 11.3 Å². The van der Waals surface area contributed by atoms with E-state index in [1.807, 2.05) is 30.3 Å². The normalized spacial score (nSPS) is 27.7. The third-order valence-electron chi connectivity index (χ3n) is 4.98. The van der Waals surface area contributed by atoms with Crippen LogP contribution in [0.4, 0.5) is 0 Å². The zero-order valence-corrected chi connectivity index (χ0v) is 14.8. The van der Waals surface area contributed by atoms with Crippen molar-refractivity contribution in [2.75, 3.05) is 7.05 Å². The van der Waals surface area contributed by atoms with Crippen molar-refractivity contribution in [3.63, 3.8) is 0 Å². The van der Waals surface area contributed by atoms with E-state index in [1.165, 1.54) is 0 Å². The standard InChI is InChI=1S/C18H19ClN4O3/c1-20-18(25)16-15-11(8-14(24)21-17(15)23-22-16)13-6-5-12(26-13)9-3-2-4-10(19)7-9/h2-7,11,15-17,22-23H,8H2,1H3,(H,20,25)(H,21,24). The number of rotatable bonds is 3. The Morgan fingerprint density at radius 2 is 2.12 bits per heavy atom. The van der Waals surface area contributed by atoms with Gasteiger partial charge in [0, 0.05) is 35.9 Å². The molecule has 1 aromatic carbocycles. The molecule has 4 N–H and O–H groups in total. The van der Waals surface area contributed by atoms with Gasteiger partial charge in [-0.3, -0.25) is 9.59 Å². The van der Waals surface area contributed by atoms with Crippen LogP contribution in [0.3, 0.4) is 0 Å². The van der Waals surface area contributed by atoms with Gasteiger partial charge in [0.25, 0.3) is 0 Å². The lowest BCUT2D eigenvalue weighted by Gasteiger charge is -2.33. The second kappa shape index (κ2) is 6.75. The van der Waals surface area contributed by atoms with Crippen molar-refractivity contribution in [1.82, 2.24) is 21.5 Å². The number of carbonyl (C=O) groups is 2. The lowest BCUT2D eigenvalue weighted by molar-refractivity contribution is -0.128. The van der Waals surface area contributed by atoms with Gasteiger partial charge in [-0.25, -0.2) is 10.9 Å². The van der Waals surface area contributed by atoms with Crippen molar-refractivity contribution in [2.45, 2.75) is 24.5 Å². The number of carbonyl (C=O) groups excluding carboxylic acids is 2. The van der Waals surface area contributed by atoms with Gasteiger partial charge in [0.1, 0.15) is 17.6 Å². The number of hydrogen-bond acceptors (Lipinski definition) is 5. The predicted molar refractivity (Wildman–Crippen MR) is 96.1 cm³/mol. The van der Waals surface area contributed by atoms with Gasteiger partial charge in [0.05, 0.1) is 6.17 Å². The van der Waals surface area contributed by atoms with Crippen molar-refractivity contribution >= 4 is 23.4 Å². The number of nitrogens with one attached hydrogen (secondary N) is 4. The molecular formula is C18H19ClN4O3. The van der Waals surface area contributed by atoms with E-state index in [-0.39, 0.29) is 36.2 Å². The molecule has 2 saturated heterocycles. The van der Waals surface area contributed by atoms with Crippen molar-refractivity contribution < 1.29 is 14.0 Å². The molecule has 4 unspecified atom stereocenters. The van der Waals surface area contributed by atoms with Crippen LogP contribution in [0.1, 0.15) is 18.1 Å². The molecule has 0 spiro atoms. The fourth-order valence-corrected chi connectivity index (χ4v) is 3.95. The maximum atomic E-state index is 12.2. The largest absolute Gasteiger partial charge is 0.461 e. The molecule has 2 amide bonds. The van der Waals surface area contributed by atoms with Crippen LogP contribution in [-0.4, -0.2) is 31.1 Å². The van der Waals surface area contributed by atoms with Gasteiger partial charge >= 0.3 is 0 Å². The third-order valence-corrected chi connectivity index (χ3v) is 5.22. The summed E-state index contributed by atoms with van der Waals surface area (Å²) in [5.41, 5.74) is 6.84. The molecule has 4 atom stereocenters. The average molecular weight is 375 g/mol. The van der Waals surface area contributed by atoms with E-state index in [1.54, 1.807) is 13.1 Å². The summed E-state index contributed by atoms with van der Waals surface area (Å²) in [5.74, 6) is 0.777. The smallest absolute Gasteiger partial charge is 0.238 e. The maximum Gasteiger partial charge on any atom is 0.238 e. The number of amides is 2. The Hall–Kier alpha value is -2.35. The summed E-state index contributed by atoms with van der Waals surface area (Å²) in [6.07, 6.45) is -0.0659. The van der Waals surface area contributed by atoms with Crippen molar-refractivity contribution in [2.24, 2.45) is 5.92 Å². The van der Waals surface area contributed by atoms with Crippen LogP contribution in [-0.2, 0) is 9.59 Å². The highest BCUT2D eigenvalue weighted by molar-refractivity contribution is 6.30. The molecule has 7 nitrogen and oxygen atoms in total. The van der Waals surface area contributed by atoms with Gasteiger partial charge < -0.3 is 15.1 Å². The Labute approximate surface area is 155 Å². The minimum absolute atomic E-state index is 0.0798. The third kappa shape index (κ3) is 2.98. The van der Waals surface area contributed by atoms with Crippen LogP contribution in [0.2, 0.25) is 5.02 Å². The Morgan fingerprint density at radius 3 is 2.88 bits per heavy atom. The first-order valence-corrected chi connectivity index (χ1v) is 8.82. The number of likely N-dealkylation sites (N-methyl/N-ethyl adjacent to an activating group) is 1. The summed E-state index contributed by atoms with van der Waals surface area (Å²) in [4.78, 5) is 24.3. The molecule has 136 valence electrons. The molecule has 26 heavy (non-hydrogen) atoms. The lowest BCUT2D eigenvalue weighted by Crippen LogP contribution is -2.53. The summed E-state index contributed by atoms with van der Waals surface area (Å²) in [5, 5.41) is 6.17. The fourth-order valence-electron chi connectivity index (χ4n) is 3.76. The number of hydrazine groups is 1. The number of fused-ring (bicyclic) bond motifs is 1. The van der Waals surface area contributed by atoms with E-state index in [0.717, 1.165) is 5.56 Å². The fraction of sp³-hybridized carbons (Fsp3) is 0.333. The van der Waals surface area contributed by atoms with Crippen LogP contribution >= 0.6 is 11.6 Å². The molecule has 3 heterocycles. The Balaban J connectivity index is 1.66. The van der Waals surface area contributed by atoms with Crippen LogP contribution in [0, 0.1) is 5.92 Å². The van der Waals surface area contributed by atoms with Gasteiger partial charge in [-0.1, -0.05) is 23.7 Å². The van der Waals surface area contributed by atoms with Gasteiger partial charge in [0.15, 0.2) is 0 Å². The molecule has 0 bridgehead atoms. The summed E-state index contributed by atoms with van der Waals surface area (Å²) in [6.45, 7) is 0. The van der Waals surface area contributed by atoms with E-state index in [2.05, 4.69) is 21.5 Å². The van der Waals surface area contributed by atoms with E-state index in [9.17, 15) is 9.59 Å². The van der Waals surface area contributed by atoms with Gasteiger partial charge in [-0.2, -0.15) is 0 Å².